The van der Waals surface area contributed by atoms with Gasteiger partial charge in [0.2, 0.25) is 0 Å². The van der Waals surface area contributed by atoms with Crippen LogP contribution in [0.2, 0.25) is 0 Å². The number of aromatic nitrogens is 1. The second-order valence-electron chi connectivity index (χ2n) is 4.82. The number of hydrogen-bond donors (Lipinski definition) is 1. The van der Waals surface area contributed by atoms with E-state index < -0.39 is 0 Å². The van der Waals surface area contributed by atoms with Crippen LogP contribution in [0, 0.1) is 6.92 Å². The van der Waals surface area contributed by atoms with Gasteiger partial charge >= 0.3 is 0 Å². The standard InChI is InChI=1S/C14H22N2O/c1-3-13-6-4-5-9-16(13)14-8-7-12(10-17)11(2)15-14/h7-8,13,17H,3-6,9-10H2,1-2H3. The van der Waals surface area contributed by atoms with E-state index in [-0.39, 0.29) is 6.61 Å². The van der Waals surface area contributed by atoms with Gasteiger partial charge in [-0.1, -0.05) is 13.0 Å². The molecule has 0 spiro atoms. The molecule has 1 aliphatic rings. The summed E-state index contributed by atoms with van der Waals surface area (Å²) in [4.78, 5) is 7.06. The van der Waals surface area contributed by atoms with E-state index in [1.807, 2.05) is 19.1 Å². The monoisotopic (exact) mass is 234 g/mol. The van der Waals surface area contributed by atoms with E-state index in [1.165, 1.54) is 25.7 Å². The second kappa shape index (κ2) is 5.50. The van der Waals surface area contributed by atoms with Gasteiger partial charge < -0.3 is 10.0 Å². The van der Waals surface area contributed by atoms with Crippen molar-refractivity contribution in [3.8, 4) is 0 Å². The smallest absolute Gasteiger partial charge is 0.129 e. The van der Waals surface area contributed by atoms with Crippen LogP contribution in [-0.2, 0) is 6.61 Å². The van der Waals surface area contributed by atoms with Gasteiger partial charge in [0.05, 0.1) is 6.61 Å². The Kier molecular flexibility index (Phi) is 4.00. The van der Waals surface area contributed by atoms with Gasteiger partial charge in [-0.05, 0) is 44.2 Å². The minimum atomic E-state index is 0.0797. The average Bonchev–Trinajstić information content (AvgIpc) is 2.38. The maximum atomic E-state index is 9.16. The van der Waals surface area contributed by atoms with E-state index >= 15 is 0 Å². The molecule has 17 heavy (non-hydrogen) atoms. The molecule has 2 heterocycles. The highest BCUT2D eigenvalue weighted by Crippen LogP contribution is 2.25. The van der Waals surface area contributed by atoms with Crippen molar-refractivity contribution in [2.45, 2.75) is 52.2 Å². The predicted molar refractivity (Wildman–Crippen MR) is 70.2 cm³/mol. The molecule has 1 atom stereocenters. The van der Waals surface area contributed by atoms with Crippen molar-refractivity contribution in [2.75, 3.05) is 11.4 Å². The Labute approximate surface area is 103 Å². The first-order valence-electron chi connectivity index (χ1n) is 6.60. The lowest BCUT2D eigenvalue weighted by Crippen LogP contribution is -2.39. The van der Waals surface area contributed by atoms with Crippen molar-refractivity contribution < 1.29 is 5.11 Å². The van der Waals surface area contributed by atoms with Gasteiger partial charge in [0.1, 0.15) is 5.82 Å². The third-order valence-electron chi connectivity index (χ3n) is 3.74. The van der Waals surface area contributed by atoms with Crippen LogP contribution >= 0.6 is 0 Å². The van der Waals surface area contributed by atoms with Crippen LogP contribution in [0.25, 0.3) is 0 Å². The first-order chi connectivity index (χ1) is 8.26. The number of piperidine rings is 1. The summed E-state index contributed by atoms with van der Waals surface area (Å²) in [5.41, 5.74) is 1.88. The number of aliphatic hydroxyl groups excluding tert-OH is 1. The molecule has 1 unspecified atom stereocenters. The Morgan fingerprint density at radius 1 is 1.41 bits per heavy atom. The van der Waals surface area contributed by atoms with Gasteiger partial charge in [-0.15, -0.1) is 0 Å². The van der Waals surface area contributed by atoms with Gasteiger partial charge in [-0.3, -0.25) is 0 Å². The Morgan fingerprint density at radius 3 is 2.88 bits per heavy atom. The van der Waals surface area contributed by atoms with Crippen LogP contribution in [0.4, 0.5) is 5.82 Å². The third kappa shape index (κ3) is 2.60. The number of rotatable bonds is 3. The maximum absolute atomic E-state index is 9.16. The molecule has 0 bridgehead atoms. The summed E-state index contributed by atoms with van der Waals surface area (Å²) in [6, 6.07) is 4.68. The zero-order valence-electron chi connectivity index (χ0n) is 10.8. The summed E-state index contributed by atoms with van der Waals surface area (Å²) < 4.78 is 0. The lowest BCUT2D eigenvalue weighted by Gasteiger charge is -2.36. The molecule has 0 aliphatic carbocycles. The molecular weight excluding hydrogens is 212 g/mol. The van der Waals surface area contributed by atoms with Crippen molar-refractivity contribution in [1.82, 2.24) is 4.98 Å². The first-order valence-corrected chi connectivity index (χ1v) is 6.60. The minimum Gasteiger partial charge on any atom is -0.392 e. The number of nitrogens with zero attached hydrogens (tertiary/aromatic N) is 2. The van der Waals surface area contributed by atoms with Crippen molar-refractivity contribution >= 4 is 5.82 Å². The molecule has 0 radical (unpaired) electrons. The first kappa shape index (κ1) is 12.4. The molecule has 0 amide bonds. The Hall–Kier alpha value is -1.09. The van der Waals surface area contributed by atoms with Crippen LogP contribution in [0.1, 0.15) is 43.9 Å². The van der Waals surface area contributed by atoms with Crippen LogP contribution < -0.4 is 4.90 Å². The minimum absolute atomic E-state index is 0.0797. The number of pyridine rings is 1. The molecule has 0 saturated carbocycles. The summed E-state index contributed by atoms with van der Waals surface area (Å²) in [5.74, 6) is 1.08. The van der Waals surface area contributed by atoms with Crippen LogP contribution in [0.3, 0.4) is 0 Å². The second-order valence-corrected chi connectivity index (χ2v) is 4.82. The number of anilines is 1. The maximum Gasteiger partial charge on any atom is 0.129 e. The van der Waals surface area contributed by atoms with Crippen LogP contribution in [0.15, 0.2) is 12.1 Å². The van der Waals surface area contributed by atoms with Crippen molar-refractivity contribution in [1.29, 1.82) is 0 Å². The van der Waals surface area contributed by atoms with Gasteiger partial charge in [-0.25, -0.2) is 4.98 Å². The van der Waals surface area contributed by atoms with E-state index in [2.05, 4.69) is 16.8 Å². The largest absolute Gasteiger partial charge is 0.392 e. The topological polar surface area (TPSA) is 36.4 Å². The quantitative estimate of drug-likeness (QED) is 0.873. The van der Waals surface area contributed by atoms with Gasteiger partial charge in [0, 0.05) is 18.3 Å². The molecule has 1 aliphatic heterocycles. The number of hydrogen-bond acceptors (Lipinski definition) is 3. The fraction of sp³-hybridized carbons (Fsp3) is 0.643. The zero-order valence-corrected chi connectivity index (χ0v) is 10.8. The summed E-state index contributed by atoms with van der Waals surface area (Å²) >= 11 is 0. The Morgan fingerprint density at radius 2 is 2.24 bits per heavy atom. The molecule has 0 aromatic carbocycles. The summed E-state index contributed by atoms with van der Waals surface area (Å²) in [6.45, 7) is 5.41. The average molecular weight is 234 g/mol. The molecule has 1 fully saturated rings. The number of aryl methyl sites for hydroxylation is 1. The predicted octanol–water partition coefficient (Wildman–Crippen LogP) is 2.65. The van der Waals surface area contributed by atoms with E-state index in [4.69, 9.17) is 5.11 Å². The van der Waals surface area contributed by atoms with E-state index in [1.54, 1.807) is 0 Å². The third-order valence-corrected chi connectivity index (χ3v) is 3.74. The lowest BCUT2D eigenvalue weighted by atomic mass is 10.00. The van der Waals surface area contributed by atoms with E-state index in [0.29, 0.717) is 6.04 Å². The molecule has 2 rings (SSSR count). The van der Waals surface area contributed by atoms with E-state index in [0.717, 1.165) is 23.6 Å². The van der Waals surface area contributed by atoms with Crippen LogP contribution in [-0.4, -0.2) is 22.7 Å². The van der Waals surface area contributed by atoms with Crippen molar-refractivity contribution in [3.63, 3.8) is 0 Å². The van der Waals surface area contributed by atoms with Crippen molar-refractivity contribution in [2.24, 2.45) is 0 Å². The highest BCUT2D eigenvalue weighted by molar-refractivity contribution is 5.43. The highest BCUT2D eigenvalue weighted by atomic mass is 16.3. The fourth-order valence-corrected chi connectivity index (χ4v) is 2.63. The van der Waals surface area contributed by atoms with Crippen molar-refractivity contribution in [3.05, 3.63) is 23.4 Å². The molecule has 1 aromatic rings. The molecule has 3 nitrogen and oxygen atoms in total. The van der Waals surface area contributed by atoms with Crippen LogP contribution in [0.5, 0.6) is 0 Å². The molecule has 1 aromatic heterocycles. The SMILES string of the molecule is CCC1CCCCN1c1ccc(CO)c(C)n1. The number of aliphatic hydroxyl groups is 1. The summed E-state index contributed by atoms with van der Waals surface area (Å²) in [6.07, 6.45) is 5.06. The van der Waals surface area contributed by atoms with Gasteiger partial charge in [-0.2, -0.15) is 0 Å². The van der Waals surface area contributed by atoms with Gasteiger partial charge in [0.15, 0.2) is 0 Å². The molecule has 1 N–H and O–H groups in total. The molecule has 94 valence electrons. The Bertz CT molecular complexity index is 378. The Balaban J connectivity index is 2.23. The summed E-state index contributed by atoms with van der Waals surface area (Å²) in [5, 5.41) is 9.16. The highest BCUT2D eigenvalue weighted by Gasteiger charge is 2.22. The van der Waals surface area contributed by atoms with E-state index in [9.17, 15) is 0 Å². The molecular formula is C14H22N2O. The fourth-order valence-electron chi connectivity index (χ4n) is 2.63. The molecule has 1 saturated heterocycles. The lowest BCUT2D eigenvalue weighted by molar-refractivity contribution is 0.280. The van der Waals surface area contributed by atoms with Gasteiger partial charge in [0.25, 0.3) is 0 Å². The zero-order chi connectivity index (χ0) is 12.3. The normalized spacial score (nSPS) is 20.6. The molecule has 3 heteroatoms. The summed E-state index contributed by atoms with van der Waals surface area (Å²) in [7, 11) is 0.